The second-order valence-electron chi connectivity index (χ2n) is 3.89. The Hall–Kier alpha value is -0.300. The highest BCUT2D eigenvalue weighted by Crippen LogP contribution is 2.07. The lowest BCUT2D eigenvalue weighted by Gasteiger charge is -2.04. The summed E-state index contributed by atoms with van der Waals surface area (Å²) in [6, 6.07) is 0. The lowest BCUT2D eigenvalue weighted by molar-refractivity contribution is 0.228. The van der Waals surface area contributed by atoms with E-state index >= 15 is 0 Å². The average molecular weight is 170 g/mol. The molecule has 0 saturated heterocycles. The smallest absolute Gasteiger partial charge is 0.0456 e. The minimum absolute atomic E-state index is 0.327. The van der Waals surface area contributed by atoms with Crippen molar-refractivity contribution < 1.29 is 5.11 Å². The Bertz CT molecular complexity index is 116. The molecule has 0 aromatic rings. The zero-order chi connectivity index (χ0) is 9.40. The van der Waals surface area contributed by atoms with E-state index in [4.69, 9.17) is 5.11 Å². The van der Waals surface area contributed by atoms with E-state index in [1.165, 1.54) is 6.42 Å². The Kier molecular flexibility index (Phi) is 7.17. The molecule has 0 spiro atoms. The van der Waals surface area contributed by atoms with Crippen LogP contribution in [0.1, 0.15) is 40.0 Å². The molecule has 12 heavy (non-hydrogen) atoms. The van der Waals surface area contributed by atoms with Crippen LogP contribution in [0.25, 0.3) is 0 Å². The van der Waals surface area contributed by atoms with Gasteiger partial charge in [0.15, 0.2) is 0 Å². The van der Waals surface area contributed by atoms with Crippen LogP contribution in [-0.2, 0) is 0 Å². The maximum atomic E-state index is 8.76. The number of aliphatic hydroxyl groups is 1. The third-order valence-electron chi connectivity index (χ3n) is 1.90. The van der Waals surface area contributed by atoms with Crippen molar-refractivity contribution in [2.45, 2.75) is 40.0 Å². The quantitative estimate of drug-likeness (QED) is 0.480. The Morgan fingerprint density at radius 1 is 1.25 bits per heavy atom. The van der Waals surface area contributed by atoms with E-state index in [9.17, 15) is 0 Å². The number of allylic oxidation sites excluding steroid dienone is 2. The summed E-state index contributed by atoms with van der Waals surface area (Å²) in [6.07, 6.45) is 7.98. The molecule has 0 aromatic carbocycles. The Balaban J connectivity index is 3.21. The monoisotopic (exact) mass is 170 g/mol. The van der Waals surface area contributed by atoms with Gasteiger partial charge in [-0.15, -0.1) is 0 Å². The number of rotatable bonds is 6. The van der Waals surface area contributed by atoms with Crippen molar-refractivity contribution in [3.8, 4) is 0 Å². The highest BCUT2D eigenvalue weighted by molar-refractivity contribution is 4.84. The molecule has 72 valence electrons. The SMILES string of the molecule is CC(C)C=CCCC[C@@H](C)CO. The summed E-state index contributed by atoms with van der Waals surface area (Å²) >= 11 is 0. The van der Waals surface area contributed by atoms with Crippen LogP contribution in [0.3, 0.4) is 0 Å². The van der Waals surface area contributed by atoms with Gasteiger partial charge in [-0.3, -0.25) is 0 Å². The van der Waals surface area contributed by atoms with E-state index in [2.05, 4.69) is 32.9 Å². The fraction of sp³-hybridized carbons (Fsp3) is 0.818. The largest absolute Gasteiger partial charge is 0.396 e. The molecule has 1 atom stereocenters. The fourth-order valence-corrected chi connectivity index (χ4v) is 1.04. The van der Waals surface area contributed by atoms with Crippen LogP contribution in [0, 0.1) is 11.8 Å². The second-order valence-corrected chi connectivity index (χ2v) is 3.89. The van der Waals surface area contributed by atoms with Crippen LogP contribution in [0.15, 0.2) is 12.2 Å². The summed E-state index contributed by atoms with van der Waals surface area (Å²) in [6.45, 7) is 6.79. The van der Waals surface area contributed by atoms with E-state index in [-0.39, 0.29) is 0 Å². The van der Waals surface area contributed by atoms with E-state index in [1.54, 1.807) is 0 Å². The predicted octanol–water partition coefficient (Wildman–Crippen LogP) is 3.00. The summed E-state index contributed by atoms with van der Waals surface area (Å²) in [5.74, 6) is 1.14. The summed E-state index contributed by atoms with van der Waals surface area (Å²) in [5, 5.41) is 8.76. The van der Waals surface area contributed by atoms with Crippen molar-refractivity contribution in [2.75, 3.05) is 6.61 Å². The molecule has 0 rings (SSSR count). The Labute approximate surface area is 76.5 Å². The van der Waals surface area contributed by atoms with Gasteiger partial charge in [0.05, 0.1) is 0 Å². The molecule has 1 N–H and O–H groups in total. The Morgan fingerprint density at radius 2 is 1.92 bits per heavy atom. The first-order chi connectivity index (χ1) is 5.66. The minimum Gasteiger partial charge on any atom is -0.396 e. The molecule has 0 saturated carbocycles. The van der Waals surface area contributed by atoms with Gasteiger partial charge in [-0.1, -0.05) is 32.9 Å². The van der Waals surface area contributed by atoms with Gasteiger partial charge < -0.3 is 5.11 Å². The zero-order valence-electron chi connectivity index (χ0n) is 8.59. The lowest BCUT2D eigenvalue weighted by Crippen LogP contribution is -1.99. The van der Waals surface area contributed by atoms with Crippen LogP contribution in [-0.4, -0.2) is 11.7 Å². The van der Waals surface area contributed by atoms with Gasteiger partial charge in [0.25, 0.3) is 0 Å². The van der Waals surface area contributed by atoms with Crippen LogP contribution in [0.4, 0.5) is 0 Å². The first-order valence-electron chi connectivity index (χ1n) is 4.94. The van der Waals surface area contributed by atoms with Crippen LogP contribution in [0.5, 0.6) is 0 Å². The molecule has 0 aromatic heterocycles. The van der Waals surface area contributed by atoms with Crippen molar-refractivity contribution in [3.63, 3.8) is 0 Å². The topological polar surface area (TPSA) is 20.2 Å². The summed E-state index contributed by atoms with van der Waals surface area (Å²) in [4.78, 5) is 0. The van der Waals surface area contributed by atoms with Crippen molar-refractivity contribution in [2.24, 2.45) is 11.8 Å². The molecule has 1 heteroatoms. The first-order valence-corrected chi connectivity index (χ1v) is 4.94. The van der Waals surface area contributed by atoms with E-state index in [1.807, 2.05) is 0 Å². The van der Waals surface area contributed by atoms with Crippen molar-refractivity contribution in [1.29, 1.82) is 0 Å². The normalized spacial score (nSPS) is 14.4. The second kappa shape index (κ2) is 7.35. The van der Waals surface area contributed by atoms with Crippen LogP contribution >= 0.6 is 0 Å². The Morgan fingerprint density at radius 3 is 2.42 bits per heavy atom. The minimum atomic E-state index is 0.327. The number of aliphatic hydroxyl groups excluding tert-OH is 1. The number of hydrogen-bond acceptors (Lipinski definition) is 1. The first kappa shape index (κ1) is 11.7. The van der Waals surface area contributed by atoms with Crippen molar-refractivity contribution in [1.82, 2.24) is 0 Å². The standard InChI is InChI=1S/C11H22O/c1-10(2)7-5-4-6-8-11(3)9-12/h5,7,10-12H,4,6,8-9H2,1-3H3/t11-/m1/s1. The molecule has 1 nitrogen and oxygen atoms in total. The van der Waals surface area contributed by atoms with E-state index < -0.39 is 0 Å². The van der Waals surface area contributed by atoms with Crippen LogP contribution in [0.2, 0.25) is 0 Å². The maximum absolute atomic E-state index is 8.76. The van der Waals surface area contributed by atoms with E-state index in [0.717, 1.165) is 12.8 Å². The molecule has 0 unspecified atom stereocenters. The number of hydrogen-bond donors (Lipinski definition) is 1. The third-order valence-corrected chi connectivity index (χ3v) is 1.90. The molecule has 0 aliphatic carbocycles. The molecular weight excluding hydrogens is 148 g/mol. The van der Waals surface area contributed by atoms with Crippen molar-refractivity contribution >= 4 is 0 Å². The molecule has 0 amide bonds. The van der Waals surface area contributed by atoms with Gasteiger partial charge in [-0.05, 0) is 31.1 Å². The van der Waals surface area contributed by atoms with Gasteiger partial charge in [-0.25, -0.2) is 0 Å². The zero-order valence-corrected chi connectivity index (χ0v) is 8.59. The fourth-order valence-electron chi connectivity index (χ4n) is 1.04. The van der Waals surface area contributed by atoms with Gasteiger partial charge in [0.2, 0.25) is 0 Å². The van der Waals surface area contributed by atoms with Gasteiger partial charge >= 0.3 is 0 Å². The molecule has 0 heterocycles. The molecular formula is C11H22O. The molecule has 0 aliphatic heterocycles. The third kappa shape index (κ3) is 7.80. The molecule has 0 fully saturated rings. The molecule has 0 bridgehead atoms. The number of unbranched alkanes of at least 4 members (excludes halogenated alkanes) is 1. The van der Waals surface area contributed by atoms with E-state index in [0.29, 0.717) is 18.4 Å². The highest BCUT2D eigenvalue weighted by Gasteiger charge is 1.97. The van der Waals surface area contributed by atoms with Crippen molar-refractivity contribution in [3.05, 3.63) is 12.2 Å². The summed E-state index contributed by atoms with van der Waals surface area (Å²) < 4.78 is 0. The van der Waals surface area contributed by atoms with Crippen LogP contribution < -0.4 is 0 Å². The van der Waals surface area contributed by atoms with Gasteiger partial charge in [-0.2, -0.15) is 0 Å². The van der Waals surface area contributed by atoms with Gasteiger partial charge in [0, 0.05) is 6.61 Å². The molecule has 0 radical (unpaired) electrons. The lowest BCUT2D eigenvalue weighted by atomic mass is 10.0. The maximum Gasteiger partial charge on any atom is 0.0456 e. The molecule has 0 aliphatic rings. The average Bonchev–Trinajstić information content (AvgIpc) is 2.03. The summed E-state index contributed by atoms with van der Waals surface area (Å²) in [7, 11) is 0. The summed E-state index contributed by atoms with van der Waals surface area (Å²) in [5.41, 5.74) is 0. The predicted molar refractivity (Wildman–Crippen MR) is 54.1 cm³/mol. The van der Waals surface area contributed by atoms with Gasteiger partial charge in [0.1, 0.15) is 0 Å². The highest BCUT2D eigenvalue weighted by atomic mass is 16.3.